The van der Waals surface area contributed by atoms with Crippen molar-refractivity contribution in [3.8, 4) is 0 Å². The Balaban J connectivity index is 1.40. The minimum atomic E-state index is 0.354. The summed E-state index contributed by atoms with van der Waals surface area (Å²) >= 11 is 2.59. The molecule has 4 heteroatoms. The molecule has 1 saturated heterocycles. The smallest absolute Gasteiger partial charge is 0.225 e. The highest BCUT2D eigenvalue weighted by Crippen LogP contribution is 2.37. The molecule has 1 amide bonds. The highest BCUT2D eigenvalue weighted by Gasteiger charge is 2.37. The molecule has 1 atom stereocenters. The second-order valence-corrected chi connectivity index (χ2v) is 10.0. The average Bonchev–Trinajstić information content (AvgIpc) is 2.54. The maximum Gasteiger partial charge on any atom is 0.225 e. The third-order valence-corrected chi connectivity index (χ3v) is 7.71. The maximum atomic E-state index is 12.5. The fourth-order valence-electron chi connectivity index (χ4n) is 4.76. The average molecular weight is 432 g/mol. The van der Waals surface area contributed by atoms with Crippen molar-refractivity contribution in [3.63, 3.8) is 0 Å². The first-order chi connectivity index (χ1) is 11.1. The summed E-state index contributed by atoms with van der Waals surface area (Å²) in [6, 6.07) is 0.784. The molecule has 3 aliphatic rings. The normalized spacial score (nSPS) is 37.3. The summed E-state index contributed by atoms with van der Waals surface area (Å²) < 4.78 is 0.817. The van der Waals surface area contributed by atoms with Gasteiger partial charge in [-0.3, -0.25) is 9.69 Å². The molecule has 3 rings (SSSR count). The van der Waals surface area contributed by atoms with Gasteiger partial charge in [0.1, 0.15) is 0 Å². The minimum Gasteiger partial charge on any atom is -0.340 e. The van der Waals surface area contributed by atoms with Gasteiger partial charge in [0.2, 0.25) is 5.91 Å². The fraction of sp³-hybridized carbons (Fsp3) is 0.947. The van der Waals surface area contributed by atoms with Gasteiger partial charge in [-0.25, -0.2) is 0 Å². The summed E-state index contributed by atoms with van der Waals surface area (Å²) in [5.74, 6) is 2.56. The van der Waals surface area contributed by atoms with Crippen molar-refractivity contribution in [3.05, 3.63) is 0 Å². The number of halogens is 1. The van der Waals surface area contributed by atoms with Crippen LogP contribution in [0.1, 0.15) is 58.8 Å². The van der Waals surface area contributed by atoms with Crippen LogP contribution in [0.4, 0.5) is 0 Å². The van der Waals surface area contributed by atoms with Gasteiger partial charge in [-0.1, -0.05) is 42.9 Å². The van der Waals surface area contributed by atoms with Gasteiger partial charge in [-0.05, 0) is 50.4 Å². The highest BCUT2D eigenvalue weighted by molar-refractivity contribution is 14.1. The molecule has 3 nitrogen and oxygen atoms in total. The van der Waals surface area contributed by atoms with Crippen LogP contribution in [0.3, 0.4) is 0 Å². The summed E-state index contributed by atoms with van der Waals surface area (Å²) in [6.45, 7) is 8.75. The summed E-state index contributed by atoms with van der Waals surface area (Å²) in [5.41, 5.74) is 0. The number of nitrogens with zero attached hydrogens (tertiary/aromatic N) is 2. The van der Waals surface area contributed by atoms with Gasteiger partial charge in [0, 0.05) is 42.1 Å². The molecular formula is C19H33IN2O. The van der Waals surface area contributed by atoms with Crippen LogP contribution in [-0.2, 0) is 4.79 Å². The topological polar surface area (TPSA) is 23.6 Å². The first-order valence-corrected chi connectivity index (χ1v) is 11.0. The van der Waals surface area contributed by atoms with Crippen LogP contribution in [0.25, 0.3) is 0 Å². The summed E-state index contributed by atoms with van der Waals surface area (Å²) in [5, 5.41) is 0. The van der Waals surface area contributed by atoms with Crippen LogP contribution in [0, 0.1) is 17.8 Å². The first-order valence-electron chi connectivity index (χ1n) is 9.75. The second kappa shape index (κ2) is 8.03. The van der Waals surface area contributed by atoms with Crippen molar-refractivity contribution in [2.24, 2.45) is 17.8 Å². The summed E-state index contributed by atoms with van der Waals surface area (Å²) in [7, 11) is 0. The van der Waals surface area contributed by atoms with Gasteiger partial charge >= 0.3 is 0 Å². The molecule has 1 heterocycles. The number of carbonyl (C=O) groups excluding carboxylic acids is 1. The van der Waals surface area contributed by atoms with Gasteiger partial charge < -0.3 is 4.90 Å². The third kappa shape index (κ3) is 4.23. The number of hydrogen-bond donors (Lipinski definition) is 0. The van der Waals surface area contributed by atoms with Crippen LogP contribution >= 0.6 is 22.6 Å². The second-order valence-electron chi connectivity index (χ2n) is 8.05. The number of hydrogen-bond acceptors (Lipinski definition) is 2. The molecule has 0 aromatic rings. The van der Waals surface area contributed by atoms with E-state index in [1.54, 1.807) is 0 Å². The number of carbonyl (C=O) groups is 1. The van der Waals surface area contributed by atoms with Crippen LogP contribution in [0.2, 0.25) is 0 Å². The van der Waals surface area contributed by atoms with Gasteiger partial charge in [-0.2, -0.15) is 0 Å². The third-order valence-electron chi connectivity index (χ3n) is 6.70. The molecule has 23 heavy (non-hydrogen) atoms. The van der Waals surface area contributed by atoms with E-state index in [4.69, 9.17) is 0 Å². The van der Waals surface area contributed by atoms with Gasteiger partial charge in [0.25, 0.3) is 0 Å². The fourth-order valence-corrected chi connectivity index (χ4v) is 5.48. The standard InChI is InChI=1S/C19H33IN2O/c1-3-15-12-17(13-15)19(23)22-10-8-21(9-11-22)18-6-4-16(5-7-18)14(2)20/h14-18H,3-13H2,1-2H3. The maximum absolute atomic E-state index is 12.5. The summed E-state index contributed by atoms with van der Waals surface area (Å²) in [4.78, 5) is 17.4. The molecule has 0 aromatic heterocycles. The molecule has 3 fully saturated rings. The number of rotatable bonds is 4. The lowest BCUT2D eigenvalue weighted by molar-refractivity contribution is -0.142. The Labute approximate surface area is 155 Å². The molecule has 132 valence electrons. The quantitative estimate of drug-likeness (QED) is 0.496. The molecular weight excluding hydrogens is 399 g/mol. The van der Waals surface area contributed by atoms with Crippen molar-refractivity contribution >= 4 is 28.5 Å². The Bertz CT molecular complexity index is 392. The monoisotopic (exact) mass is 432 g/mol. The van der Waals surface area contributed by atoms with E-state index in [1.165, 1.54) is 32.1 Å². The van der Waals surface area contributed by atoms with Gasteiger partial charge in [0.05, 0.1) is 0 Å². The van der Waals surface area contributed by atoms with E-state index in [-0.39, 0.29) is 0 Å². The SMILES string of the molecule is CCC1CC(C(=O)N2CCN(C3CCC(C(C)I)CC3)CC2)C1. The Kier molecular flexibility index (Phi) is 6.27. The van der Waals surface area contributed by atoms with Crippen molar-refractivity contribution in [1.82, 2.24) is 9.80 Å². The van der Waals surface area contributed by atoms with E-state index in [0.29, 0.717) is 11.8 Å². The molecule has 1 aliphatic heterocycles. The Morgan fingerprint density at radius 1 is 1.09 bits per heavy atom. The molecule has 0 radical (unpaired) electrons. The molecule has 0 N–H and O–H groups in total. The van der Waals surface area contributed by atoms with Crippen molar-refractivity contribution < 1.29 is 4.79 Å². The Hall–Kier alpha value is 0.160. The van der Waals surface area contributed by atoms with Crippen LogP contribution < -0.4 is 0 Å². The summed E-state index contributed by atoms with van der Waals surface area (Å²) in [6.07, 6.45) is 9.07. The van der Waals surface area contributed by atoms with E-state index < -0.39 is 0 Å². The minimum absolute atomic E-state index is 0.354. The number of amides is 1. The number of piperazine rings is 1. The Morgan fingerprint density at radius 2 is 1.70 bits per heavy atom. The van der Waals surface area contributed by atoms with E-state index in [0.717, 1.165) is 60.8 Å². The van der Waals surface area contributed by atoms with E-state index in [1.807, 2.05) is 0 Å². The van der Waals surface area contributed by atoms with Crippen LogP contribution in [0.5, 0.6) is 0 Å². The van der Waals surface area contributed by atoms with Gasteiger partial charge in [-0.15, -0.1) is 0 Å². The van der Waals surface area contributed by atoms with E-state index >= 15 is 0 Å². The lowest BCUT2D eigenvalue weighted by Gasteiger charge is -2.44. The van der Waals surface area contributed by atoms with Crippen molar-refractivity contribution in [2.45, 2.75) is 68.8 Å². The highest BCUT2D eigenvalue weighted by atomic mass is 127. The molecule has 0 spiro atoms. The van der Waals surface area contributed by atoms with Crippen LogP contribution in [0.15, 0.2) is 0 Å². The molecule has 0 bridgehead atoms. The Morgan fingerprint density at radius 3 is 2.22 bits per heavy atom. The zero-order chi connectivity index (χ0) is 16.4. The van der Waals surface area contributed by atoms with E-state index in [9.17, 15) is 4.79 Å². The molecule has 1 unspecified atom stereocenters. The lowest BCUT2D eigenvalue weighted by Crippen LogP contribution is -2.54. The van der Waals surface area contributed by atoms with Crippen LogP contribution in [-0.4, -0.2) is 51.9 Å². The largest absolute Gasteiger partial charge is 0.340 e. The van der Waals surface area contributed by atoms with Crippen molar-refractivity contribution in [1.29, 1.82) is 0 Å². The van der Waals surface area contributed by atoms with Gasteiger partial charge in [0.15, 0.2) is 0 Å². The van der Waals surface area contributed by atoms with Crippen molar-refractivity contribution in [2.75, 3.05) is 26.2 Å². The number of alkyl halides is 1. The van der Waals surface area contributed by atoms with E-state index in [2.05, 4.69) is 46.2 Å². The molecule has 2 aliphatic carbocycles. The predicted octanol–water partition coefficient (Wildman–Crippen LogP) is 3.95. The molecule has 0 aromatic carbocycles. The molecule has 2 saturated carbocycles. The zero-order valence-corrected chi connectivity index (χ0v) is 17.0. The zero-order valence-electron chi connectivity index (χ0n) is 14.8. The lowest BCUT2D eigenvalue weighted by atomic mass is 9.73. The predicted molar refractivity (Wildman–Crippen MR) is 104 cm³/mol. The first kappa shape index (κ1) is 18.0.